The molecule has 1 atom stereocenters. The molecule has 2 aromatic carbocycles. The van der Waals surface area contributed by atoms with Crippen molar-refractivity contribution in [3.05, 3.63) is 70.8 Å². The number of carbonyl (C=O) groups excluding carboxylic acids is 1. The van der Waals surface area contributed by atoms with Gasteiger partial charge in [-0.2, -0.15) is 0 Å². The van der Waals surface area contributed by atoms with E-state index < -0.39 is 0 Å². The third kappa shape index (κ3) is 3.97. The summed E-state index contributed by atoms with van der Waals surface area (Å²) >= 11 is 0. The molecule has 2 rings (SSSR count). The van der Waals surface area contributed by atoms with Crippen LogP contribution in [0.3, 0.4) is 0 Å². The number of rotatable bonds is 3. The van der Waals surface area contributed by atoms with Crippen LogP contribution in [0.15, 0.2) is 48.5 Å². The zero-order valence-electron chi connectivity index (χ0n) is 14.0. The zero-order chi connectivity index (χ0) is 16.3. The predicted octanol–water partition coefficient (Wildman–Crippen LogP) is 4.95. The van der Waals surface area contributed by atoms with E-state index in [-0.39, 0.29) is 17.5 Å². The quantitative estimate of drug-likeness (QED) is 0.749. The number of hydrogen-bond donors (Lipinski definition) is 0. The first-order valence-corrected chi connectivity index (χ1v) is 7.61. The summed E-state index contributed by atoms with van der Waals surface area (Å²) < 4.78 is 5.56. The van der Waals surface area contributed by atoms with E-state index in [4.69, 9.17) is 4.74 Å². The van der Waals surface area contributed by atoms with Crippen molar-refractivity contribution in [2.24, 2.45) is 0 Å². The molecular weight excluding hydrogens is 272 g/mol. The summed E-state index contributed by atoms with van der Waals surface area (Å²) in [6, 6.07) is 16.4. The van der Waals surface area contributed by atoms with Crippen LogP contribution in [0.5, 0.6) is 0 Å². The number of aryl methyl sites for hydroxylation is 1. The summed E-state index contributed by atoms with van der Waals surface area (Å²) in [5.41, 5.74) is 4.52. The van der Waals surface area contributed by atoms with Crippen LogP contribution >= 0.6 is 0 Å². The summed E-state index contributed by atoms with van der Waals surface area (Å²) in [5, 5.41) is 0. The fraction of sp³-hybridized carbons (Fsp3) is 0.350. The lowest BCUT2D eigenvalue weighted by Gasteiger charge is -2.22. The molecule has 0 amide bonds. The van der Waals surface area contributed by atoms with Gasteiger partial charge in [-0.3, -0.25) is 4.79 Å². The maximum absolute atomic E-state index is 11.5. The topological polar surface area (TPSA) is 26.3 Å². The van der Waals surface area contributed by atoms with Crippen LogP contribution in [0.25, 0.3) is 0 Å². The molecule has 116 valence electrons. The molecule has 2 nitrogen and oxygen atoms in total. The van der Waals surface area contributed by atoms with E-state index in [9.17, 15) is 4.79 Å². The normalized spacial score (nSPS) is 12.8. The minimum atomic E-state index is -0.355. The first-order valence-electron chi connectivity index (χ1n) is 7.61. The zero-order valence-corrected chi connectivity index (χ0v) is 14.0. The second kappa shape index (κ2) is 6.35. The molecule has 0 aliphatic carbocycles. The summed E-state index contributed by atoms with van der Waals surface area (Å²) in [6.07, 6.45) is -0.355. The van der Waals surface area contributed by atoms with Crippen LogP contribution < -0.4 is 0 Å². The second-order valence-electron chi connectivity index (χ2n) is 6.78. The number of benzene rings is 2. The Morgan fingerprint density at radius 2 is 1.64 bits per heavy atom. The molecule has 0 saturated heterocycles. The molecule has 0 aromatic heterocycles. The van der Waals surface area contributed by atoms with E-state index in [1.165, 1.54) is 12.5 Å². The average molecular weight is 296 g/mol. The van der Waals surface area contributed by atoms with Crippen molar-refractivity contribution in [2.75, 3.05) is 0 Å². The van der Waals surface area contributed by atoms with Gasteiger partial charge >= 0.3 is 5.97 Å². The summed E-state index contributed by atoms with van der Waals surface area (Å²) in [7, 11) is 0. The van der Waals surface area contributed by atoms with Crippen LogP contribution in [-0.4, -0.2) is 5.97 Å². The maximum atomic E-state index is 11.5. The molecule has 0 unspecified atom stereocenters. The molecule has 0 bridgehead atoms. The van der Waals surface area contributed by atoms with Crippen molar-refractivity contribution >= 4 is 5.97 Å². The van der Waals surface area contributed by atoms with Gasteiger partial charge in [-0.25, -0.2) is 0 Å². The van der Waals surface area contributed by atoms with Crippen molar-refractivity contribution in [3.63, 3.8) is 0 Å². The minimum Gasteiger partial charge on any atom is -0.453 e. The molecule has 0 N–H and O–H groups in total. The van der Waals surface area contributed by atoms with Crippen molar-refractivity contribution in [1.29, 1.82) is 0 Å². The third-order valence-electron chi connectivity index (χ3n) is 3.71. The smallest absolute Gasteiger partial charge is 0.303 e. The Morgan fingerprint density at radius 3 is 2.14 bits per heavy atom. The van der Waals surface area contributed by atoms with E-state index in [0.717, 1.165) is 16.7 Å². The fourth-order valence-electron chi connectivity index (χ4n) is 2.49. The largest absolute Gasteiger partial charge is 0.453 e. The minimum absolute atomic E-state index is 0.110. The Balaban J connectivity index is 2.39. The molecule has 0 fully saturated rings. The van der Waals surface area contributed by atoms with Crippen molar-refractivity contribution in [1.82, 2.24) is 0 Å². The number of ether oxygens (including phenoxy) is 1. The van der Waals surface area contributed by atoms with Gasteiger partial charge in [0.1, 0.15) is 0 Å². The highest BCUT2D eigenvalue weighted by molar-refractivity contribution is 5.67. The van der Waals surface area contributed by atoms with E-state index in [1.54, 1.807) is 0 Å². The van der Waals surface area contributed by atoms with Crippen molar-refractivity contribution < 1.29 is 9.53 Å². The first-order chi connectivity index (χ1) is 10.3. The highest BCUT2D eigenvalue weighted by atomic mass is 16.5. The summed E-state index contributed by atoms with van der Waals surface area (Å²) in [6.45, 7) is 10.0. The van der Waals surface area contributed by atoms with Crippen molar-refractivity contribution in [2.45, 2.75) is 46.1 Å². The molecule has 2 heteroatoms. The summed E-state index contributed by atoms with van der Waals surface area (Å²) in [5.74, 6) is -0.272. The lowest BCUT2D eigenvalue weighted by molar-refractivity contribution is -0.144. The predicted molar refractivity (Wildman–Crippen MR) is 89.9 cm³/mol. The second-order valence-corrected chi connectivity index (χ2v) is 6.78. The van der Waals surface area contributed by atoms with Gasteiger partial charge in [-0.05, 0) is 29.0 Å². The van der Waals surface area contributed by atoms with E-state index in [2.05, 4.69) is 51.1 Å². The molecule has 2 aromatic rings. The summed E-state index contributed by atoms with van der Waals surface area (Å²) in [4.78, 5) is 11.5. The SMILES string of the molecule is CC(=O)O[C@@H](c1ccc(C(C)(C)C)cc1)c1cccc(C)c1. The Labute approximate surface area is 133 Å². The van der Waals surface area contributed by atoms with Gasteiger partial charge in [0.05, 0.1) is 0 Å². The van der Waals surface area contributed by atoms with Crippen LogP contribution in [0.4, 0.5) is 0 Å². The standard InChI is InChI=1S/C20H24O2/c1-14-7-6-8-17(13-14)19(22-15(2)21)16-9-11-18(12-10-16)20(3,4)5/h6-13,19H,1-5H3/t19-/m0/s1. The van der Waals surface area contributed by atoms with Gasteiger partial charge in [0.15, 0.2) is 6.10 Å². The maximum Gasteiger partial charge on any atom is 0.303 e. The van der Waals surface area contributed by atoms with Crippen LogP contribution in [-0.2, 0) is 14.9 Å². The van der Waals surface area contributed by atoms with Gasteiger partial charge in [-0.1, -0.05) is 74.9 Å². The van der Waals surface area contributed by atoms with E-state index in [0.29, 0.717) is 0 Å². The van der Waals surface area contributed by atoms with Crippen LogP contribution in [0.2, 0.25) is 0 Å². The molecular formula is C20H24O2. The highest BCUT2D eigenvalue weighted by Gasteiger charge is 2.19. The molecule has 0 aliphatic rings. The third-order valence-corrected chi connectivity index (χ3v) is 3.71. The Bertz CT molecular complexity index is 648. The van der Waals surface area contributed by atoms with Crippen LogP contribution in [0.1, 0.15) is 56.1 Å². The lowest BCUT2D eigenvalue weighted by Crippen LogP contribution is -2.13. The Kier molecular flexibility index (Phi) is 4.70. The monoisotopic (exact) mass is 296 g/mol. The Morgan fingerprint density at radius 1 is 1.00 bits per heavy atom. The van der Waals surface area contributed by atoms with Gasteiger partial charge < -0.3 is 4.74 Å². The van der Waals surface area contributed by atoms with Gasteiger partial charge in [-0.15, -0.1) is 0 Å². The molecule has 0 heterocycles. The lowest BCUT2D eigenvalue weighted by atomic mass is 9.86. The molecule has 22 heavy (non-hydrogen) atoms. The average Bonchev–Trinajstić information content (AvgIpc) is 2.44. The molecule has 0 aliphatic heterocycles. The van der Waals surface area contributed by atoms with E-state index in [1.807, 2.05) is 25.1 Å². The van der Waals surface area contributed by atoms with Crippen molar-refractivity contribution in [3.8, 4) is 0 Å². The number of hydrogen-bond acceptors (Lipinski definition) is 2. The highest BCUT2D eigenvalue weighted by Crippen LogP contribution is 2.29. The van der Waals surface area contributed by atoms with Gasteiger partial charge in [0.25, 0.3) is 0 Å². The van der Waals surface area contributed by atoms with E-state index >= 15 is 0 Å². The van der Waals surface area contributed by atoms with Gasteiger partial charge in [0.2, 0.25) is 0 Å². The van der Waals surface area contributed by atoms with Gasteiger partial charge in [0, 0.05) is 6.92 Å². The number of carbonyl (C=O) groups is 1. The number of esters is 1. The molecule has 0 spiro atoms. The Hall–Kier alpha value is -2.09. The molecule has 0 radical (unpaired) electrons. The fourth-order valence-corrected chi connectivity index (χ4v) is 2.49. The first kappa shape index (κ1) is 16.3. The van der Waals surface area contributed by atoms with Crippen LogP contribution in [0, 0.1) is 6.92 Å². The molecule has 0 saturated carbocycles.